The van der Waals surface area contributed by atoms with Gasteiger partial charge in [-0.15, -0.1) is 0 Å². The van der Waals surface area contributed by atoms with Gasteiger partial charge in [0.05, 0.1) is 5.52 Å². The molecular formula is C19H24N2O2. The minimum atomic E-state index is -0.692. The highest BCUT2D eigenvalue weighted by Crippen LogP contribution is 2.36. The highest BCUT2D eigenvalue weighted by atomic mass is 16.4. The summed E-state index contributed by atoms with van der Waals surface area (Å²) in [5.41, 5.74) is 2.20. The molecule has 3 rings (SSSR count). The molecule has 1 N–H and O–H groups in total. The number of carboxylic acid groups (broad SMARTS) is 1. The van der Waals surface area contributed by atoms with Gasteiger partial charge in [0.2, 0.25) is 0 Å². The number of unbranched alkanes of at least 4 members (excludes halogenated alkanes) is 1. The topological polar surface area (TPSA) is 53.4 Å². The second kappa shape index (κ2) is 7.09. The fourth-order valence-corrected chi connectivity index (χ4v) is 3.73. The Labute approximate surface area is 137 Å². The largest absolute Gasteiger partial charge is 0.480 e. The molecule has 1 aliphatic heterocycles. The third-order valence-electron chi connectivity index (χ3n) is 4.85. The zero-order chi connectivity index (χ0) is 16.2. The predicted molar refractivity (Wildman–Crippen MR) is 91.4 cm³/mol. The van der Waals surface area contributed by atoms with Crippen molar-refractivity contribution in [1.82, 2.24) is 9.88 Å². The number of benzene rings is 1. The molecule has 2 unspecified atom stereocenters. The molecule has 0 radical (unpaired) electrons. The van der Waals surface area contributed by atoms with E-state index in [1.807, 2.05) is 24.4 Å². The lowest BCUT2D eigenvalue weighted by atomic mass is 9.95. The van der Waals surface area contributed by atoms with E-state index in [1.54, 1.807) is 0 Å². The molecule has 0 bridgehead atoms. The first-order valence-electron chi connectivity index (χ1n) is 8.54. The summed E-state index contributed by atoms with van der Waals surface area (Å²) in [6.45, 7) is 3.04. The molecule has 1 aromatic heterocycles. The Balaban J connectivity index is 2.02. The van der Waals surface area contributed by atoms with Gasteiger partial charge in [-0.05, 0) is 43.5 Å². The van der Waals surface area contributed by atoms with E-state index in [0.717, 1.165) is 49.6 Å². The molecule has 1 aromatic carbocycles. The highest BCUT2D eigenvalue weighted by Gasteiger charge is 2.36. The van der Waals surface area contributed by atoms with Gasteiger partial charge in [0.15, 0.2) is 0 Å². The lowest BCUT2D eigenvalue weighted by molar-refractivity contribution is -0.143. The number of pyridine rings is 1. The summed E-state index contributed by atoms with van der Waals surface area (Å²) in [5, 5.41) is 10.7. The van der Waals surface area contributed by atoms with Crippen LogP contribution in [0.4, 0.5) is 0 Å². The molecule has 0 amide bonds. The second-order valence-corrected chi connectivity index (χ2v) is 6.31. The molecule has 0 spiro atoms. The van der Waals surface area contributed by atoms with Crippen LogP contribution in [0.2, 0.25) is 0 Å². The SMILES string of the molecule is CCCCC(c1ccnc2ccccc12)N1CCCC1C(=O)O. The number of carbonyl (C=O) groups is 1. The maximum Gasteiger partial charge on any atom is 0.320 e. The number of para-hydroxylation sites is 1. The maximum absolute atomic E-state index is 11.6. The monoisotopic (exact) mass is 312 g/mol. The molecule has 1 saturated heterocycles. The third kappa shape index (κ3) is 3.22. The van der Waals surface area contributed by atoms with E-state index in [2.05, 4.69) is 28.9 Å². The smallest absolute Gasteiger partial charge is 0.320 e. The lowest BCUT2D eigenvalue weighted by Gasteiger charge is -2.32. The summed E-state index contributed by atoms with van der Waals surface area (Å²) in [5.74, 6) is -0.692. The van der Waals surface area contributed by atoms with Crippen LogP contribution in [-0.2, 0) is 4.79 Å². The van der Waals surface area contributed by atoms with E-state index >= 15 is 0 Å². The molecule has 2 heterocycles. The van der Waals surface area contributed by atoms with Crippen molar-refractivity contribution in [3.05, 3.63) is 42.1 Å². The van der Waals surface area contributed by atoms with Crippen LogP contribution in [0.15, 0.2) is 36.5 Å². The van der Waals surface area contributed by atoms with Crippen molar-refractivity contribution in [2.45, 2.75) is 51.1 Å². The molecule has 1 aliphatic rings. The Morgan fingerprint density at radius 3 is 3.00 bits per heavy atom. The number of aliphatic carboxylic acids is 1. The second-order valence-electron chi connectivity index (χ2n) is 6.31. The minimum absolute atomic E-state index is 0.159. The molecule has 4 heteroatoms. The van der Waals surface area contributed by atoms with Gasteiger partial charge in [-0.3, -0.25) is 14.7 Å². The quantitative estimate of drug-likeness (QED) is 0.875. The zero-order valence-corrected chi connectivity index (χ0v) is 13.6. The van der Waals surface area contributed by atoms with Crippen molar-refractivity contribution in [2.24, 2.45) is 0 Å². The normalized spacial score (nSPS) is 20.0. The Hall–Kier alpha value is -1.94. The van der Waals surface area contributed by atoms with Gasteiger partial charge in [0.25, 0.3) is 0 Å². The summed E-state index contributed by atoms with van der Waals surface area (Å²) in [6.07, 6.45) is 6.77. The van der Waals surface area contributed by atoms with Crippen LogP contribution in [0.3, 0.4) is 0 Å². The van der Waals surface area contributed by atoms with Crippen molar-refractivity contribution >= 4 is 16.9 Å². The van der Waals surface area contributed by atoms with Gasteiger partial charge in [-0.25, -0.2) is 0 Å². The fourth-order valence-electron chi connectivity index (χ4n) is 3.73. The number of carboxylic acids is 1. The van der Waals surface area contributed by atoms with E-state index in [-0.39, 0.29) is 12.1 Å². The first kappa shape index (κ1) is 15.9. The zero-order valence-electron chi connectivity index (χ0n) is 13.6. The number of likely N-dealkylation sites (tertiary alicyclic amines) is 1. The first-order valence-corrected chi connectivity index (χ1v) is 8.54. The average molecular weight is 312 g/mol. The molecule has 23 heavy (non-hydrogen) atoms. The summed E-state index contributed by atoms with van der Waals surface area (Å²) in [6, 6.07) is 10.0. The van der Waals surface area contributed by atoms with Gasteiger partial charge < -0.3 is 5.11 Å². The summed E-state index contributed by atoms with van der Waals surface area (Å²) in [4.78, 5) is 18.3. The van der Waals surface area contributed by atoms with Crippen molar-refractivity contribution in [3.8, 4) is 0 Å². The molecule has 0 aliphatic carbocycles. The third-order valence-corrected chi connectivity index (χ3v) is 4.85. The molecule has 4 nitrogen and oxygen atoms in total. The van der Waals surface area contributed by atoms with Crippen molar-refractivity contribution in [3.63, 3.8) is 0 Å². The van der Waals surface area contributed by atoms with Crippen molar-refractivity contribution < 1.29 is 9.90 Å². The molecular weight excluding hydrogens is 288 g/mol. The highest BCUT2D eigenvalue weighted by molar-refractivity contribution is 5.82. The number of hydrogen-bond acceptors (Lipinski definition) is 3. The number of hydrogen-bond donors (Lipinski definition) is 1. The van der Waals surface area contributed by atoms with Gasteiger partial charge in [0, 0.05) is 17.6 Å². The average Bonchev–Trinajstić information content (AvgIpc) is 3.05. The van der Waals surface area contributed by atoms with Crippen molar-refractivity contribution in [2.75, 3.05) is 6.54 Å². The molecule has 122 valence electrons. The number of fused-ring (bicyclic) bond motifs is 1. The standard InChI is InChI=1S/C19H24N2O2/c1-2-3-9-17(21-13-6-10-18(21)19(22)23)15-11-12-20-16-8-5-4-7-14(15)16/h4-5,7-8,11-12,17-18H,2-3,6,9-10,13H2,1H3,(H,22,23). The van der Waals surface area contributed by atoms with E-state index in [4.69, 9.17) is 0 Å². The fraction of sp³-hybridized carbons (Fsp3) is 0.474. The van der Waals surface area contributed by atoms with Crippen LogP contribution in [-0.4, -0.2) is 33.5 Å². The molecule has 1 fully saturated rings. The van der Waals surface area contributed by atoms with Crippen LogP contribution in [0.1, 0.15) is 50.6 Å². The minimum Gasteiger partial charge on any atom is -0.480 e. The molecule has 2 atom stereocenters. The summed E-state index contributed by atoms with van der Waals surface area (Å²) in [7, 11) is 0. The Bertz CT molecular complexity index is 681. The van der Waals surface area contributed by atoms with Crippen LogP contribution in [0.5, 0.6) is 0 Å². The van der Waals surface area contributed by atoms with Crippen LogP contribution in [0, 0.1) is 0 Å². The Kier molecular flexibility index (Phi) is 4.91. The summed E-state index contributed by atoms with van der Waals surface area (Å²) < 4.78 is 0. The van der Waals surface area contributed by atoms with Crippen LogP contribution < -0.4 is 0 Å². The van der Waals surface area contributed by atoms with Crippen LogP contribution >= 0.6 is 0 Å². The number of nitrogens with zero attached hydrogens (tertiary/aromatic N) is 2. The van der Waals surface area contributed by atoms with E-state index in [9.17, 15) is 9.90 Å². The lowest BCUT2D eigenvalue weighted by Crippen LogP contribution is -2.38. The van der Waals surface area contributed by atoms with Crippen molar-refractivity contribution in [1.29, 1.82) is 0 Å². The molecule has 2 aromatic rings. The Morgan fingerprint density at radius 1 is 1.39 bits per heavy atom. The van der Waals surface area contributed by atoms with Gasteiger partial charge in [-0.2, -0.15) is 0 Å². The van der Waals surface area contributed by atoms with Crippen LogP contribution in [0.25, 0.3) is 10.9 Å². The van der Waals surface area contributed by atoms with Gasteiger partial charge >= 0.3 is 5.97 Å². The predicted octanol–water partition coefficient (Wildman–Crippen LogP) is 4.02. The van der Waals surface area contributed by atoms with Gasteiger partial charge in [-0.1, -0.05) is 38.0 Å². The van der Waals surface area contributed by atoms with E-state index in [0.29, 0.717) is 0 Å². The molecule has 0 saturated carbocycles. The number of rotatable bonds is 6. The number of aromatic nitrogens is 1. The van der Waals surface area contributed by atoms with E-state index in [1.165, 1.54) is 5.56 Å². The van der Waals surface area contributed by atoms with Gasteiger partial charge in [0.1, 0.15) is 6.04 Å². The maximum atomic E-state index is 11.6. The summed E-state index contributed by atoms with van der Waals surface area (Å²) >= 11 is 0. The van der Waals surface area contributed by atoms with E-state index < -0.39 is 5.97 Å². The first-order chi connectivity index (χ1) is 11.2. The Morgan fingerprint density at radius 2 is 2.22 bits per heavy atom.